The van der Waals surface area contributed by atoms with Gasteiger partial charge in [-0.3, -0.25) is 9.59 Å². The number of carbonyl (C=O) groups is 2. The van der Waals surface area contributed by atoms with E-state index in [1.165, 1.54) is 11.3 Å². The van der Waals surface area contributed by atoms with Crippen molar-refractivity contribution in [3.05, 3.63) is 62.2 Å². The predicted octanol–water partition coefficient (Wildman–Crippen LogP) is 4.94. The highest BCUT2D eigenvalue weighted by Gasteiger charge is 2.25. The molecule has 0 saturated carbocycles. The number of thiophene rings is 1. The van der Waals surface area contributed by atoms with E-state index >= 15 is 0 Å². The lowest BCUT2D eigenvalue weighted by molar-refractivity contribution is -0.132. The number of nitrogens with zero attached hydrogens (tertiary/aromatic N) is 3. The highest BCUT2D eigenvalue weighted by molar-refractivity contribution is 7.13. The van der Waals surface area contributed by atoms with Crippen molar-refractivity contribution >= 4 is 46.4 Å². The Morgan fingerprint density at radius 2 is 1.84 bits per heavy atom. The molecule has 0 radical (unpaired) electrons. The van der Waals surface area contributed by atoms with E-state index in [0.717, 1.165) is 9.75 Å². The first kappa shape index (κ1) is 21.9. The van der Waals surface area contributed by atoms with Gasteiger partial charge in [0, 0.05) is 54.5 Å². The number of hydrogen-bond donors (Lipinski definition) is 0. The minimum Gasteiger partial charge on any atom is -0.441 e. The van der Waals surface area contributed by atoms with Gasteiger partial charge in [0.15, 0.2) is 11.7 Å². The molecule has 1 fully saturated rings. The van der Waals surface area contributed by atoms with Crippen molar-refractivity contribution in [3.8, 4) is 11.3 Å². The van der Waals surface area contributed by atoms with Crippen LogP contribution in [-0.4, -0.2) is 52.8 Å². The maximum absolute atomic E-state index is 12.6. The van der Waals surface area contributed by atoms with E-state index in [1.54, 1.807) is 29.3 Å². The van der Waals surface area contributed by atoms with Crippen LogP contribution in [0.4, 0.5) is 0 Å². The number of carbonyl (C=O) groups excluding carboxylic acids is 2. The van der Waals surface area contributed by atoms with Crippen LogP contribution in [0, 0.1) is 6.92 Å². The summed E-state index contributed by atoms with van der Waals surface area (Å²) in [5.41, 5.74) is 0.706. The second-order valence-corrected chi connectivity index (χ2v) is 9.46. The Hall–Kier alpha value is -2.35. The van der Waals surface area contributed by atoms with E-state index in [4.69, 9.17) is 27.6 Å². The average molecular weight is 478 g/mol. The van der Waals surface area contributed by atoms with Crippen LogP contribution in [0.2, 0.25) is 10.0 Å². The van der Waals surface area contributed by atoms with E-state index in [1.807, 2.05) is 24.0 Å². The Balaban J connectivity index is 1.28. The Labute approximate surface area is 194 Å². The molecular weight excluding hydrogens is 457 g/mol. The SMILES string of the molecule is Cc1ccc(C(=O)N2CCN(C(=O)CCc3ncc(-c4ccc(Cl)cc4Cl)o3)CC2)s1. The van der Waals surface area contributed by atoms with Gasteiger partial charge in [0.25, 0.3) is 5.91 Å². The van der Waals surface area contributed by atoms with Crippen LogP contribution in [0.3, 0.4) is 0 Å². The van der Waals surface area contributed by atoms with Crippen LogP contribution in [0.25, 0.3) is 11.3 Å². The summed E-state index contributed by atoms with van der Waals surface area (Å²) in [7, 11) is 0. The quantitative estimate of drug-likeness (QED) is 0.521. The lowest BCUT2D eigenvalue weighted by atomic mass is 10.2. The van der Waals surface area contributed by atoms with Crippen LogP contribution in [0.1, 0.15) is 26.9 Å². The smallest absolute Gasteiger partial charge is 0.264 e. The van der Waals surface area contributed by atoms with Crippen molar-refractivity contribution in [1.82, 2.24) is 14.8 Å². The number of hydrogen-bond acceptors (Lipinski definition) is 5. The summed E-state index contributed by atoms with van der Waals surface area (Å²) in [4.78, 5) is 34.9. The molecule has 3 aromatic rings. The zero-order valence-corrected chi connectivity index (χ0v) is 19.3. The van der Waals surface area contributed by atoms with Crippen molar-refractivity contribution in [3.63, 3.8) is 0 Å². The summed E-state index contributed by atoms with van der Waals surface area (Å²) in [6.07, 6.45) is 2.30. The Morgan fingerprint density at radius 3 is 2.52 bits per heavy atom. The van der Waals surface area contributed by atoms with Gasteiger partial charge in [0.1, 0.15) is 0 Å². The Morgan fingerprint density at radius 1 is 1.10 bits per heavy atom. The van der Waals surface area contributed by atoms with Gasteiger partial charge in [0.05, 0.1) is 16.1 Å². The summed E-state index contributed by atoms with van der Waals surface area (Å²) in [6.45, 7) is 4.14. The number of halogens is 2. The molecule has 3 heterocycles. The zero-order chi connectivity index (χ0) is 22.0. The van der Waals surface area contributed by atoms with Crippen molar-refractivity contribution in [2.75, 3.05) is 26.2 Å². The van der Waals surface area contributed by atoms with Crippen LogP contribution in [0.5, 0.6) is 0 Å². The molecular formula is C22H21Cl2N3O3S. The molecule has 1 aliphatic rings. The van der Waals surface area contributed by atoms with Gasteiger partial charge in [-0.25, -0.2) is 4.98 Å². The van der Waals surface area contributed by atoms with Gasteiger partial charge in [-0.2, -0.15) is 0 Å². The molecule has 31 heavy (non-hydrogen) atoms. The molecule has 9 heteroatoms. The Kier molecular flexibility index (Phi) is 6.65. The zero-order valence-electron chi connectivity index (χ0n) is 16.9. The molecule has 1 aliphatic heterocycles. The maximum Gasteiger partial charge on any atom is 0.264 e. The number of aromatic nitrogens is 1. The molecule has 162 valence electrons. The molecule has 4 rings (SSSR count). The fraction of sp³-hybridized carbons (Fsp3) is 0.318. The van der Waals surface area contributed by atoms with Crippen molar-refractivity contribution in [1.29, 1.82) is 0 Å². The molecule has 0 bridgehead atoms. The van der Waals surface area contributed by atoms with Gasteiger partial charge in [0.2, 0.25) is 5.91 Å². The highest BCUT2D eigenvalue weighted by atomic mass is 35.5. The third-order valence-electron chi connectivity index (χ3n) is 5.17. The van der Waals surface area contributed by atoms with E-state index in [0.29, 0.717) is 66.3 Å². The van der Waals surface area contributed by atoms with Gasteiger partial charge >= 0.3 is 0 Å². The molecule has 2 amide bonds. The molecule has 6 nitrogen and oxygen atoms in total. The first-order chi connectivity index (χ1) is 14.9. The minimum absolute atomic E-state index is 0.0309. The van der Waals surface area contributed by atoms with Crippen LogP contribution in [0.15, 0.2) is 40.9 Å². The molecule has 2 aromatic heterocycles. The summed E-state index contributed by atoms with van der Waals surface area (Å²) in [5.74, 6) is 1.10. The molecule has 1 aromatic carbocycles. The van der Waals surface area contributed by atoms with Crippen LogP contribution < -0.4 is 0 Å². The normalized spacial score (nSPS) is 14.2. The molecule has 0 aliphatic carbocycles. The summed E-state index contributed by atoms with van der Waals surface area (Å²) < 4.78 is 5.77. The monoisotopic (exact) mass is 477 g/mol. The van der Waals surface area contributed by atoms with Crippen molar-refractivity contribution < 1.29 is 14.0 Å². The molecule has 0 unspecified atom stereocenters. The Bertz CT molecular complexity index is 1100. The van der Waals surface area contributed by atoms with Crippen LogP contribution >= 0.6 is 34.5 Å². The lowest BCUT2D eigenvalue weighted by Gasteiger charge is -2.34. The van der Waals surface area contributed by atoms with Gasteiger partial charge in [-0.05, 0) is 37.3 Å². The standard InChI is InChI=1S/C22H21Cl2N3O3S/c1-14-2-5-19(31-14)22(29)27-10-8-26(9-11-27)21(28)7-6-20-25-13-18(30-20)16-4-3-15(23)12-17(16)24/h2-5,12-13H,6-11H2,1H3. The van der Waals surface area contributed by atoms with Crippen molar-refractivity contribution in [2.24, 2.45) is 0 Å². The van der Waals surface area contributed by atoms with E-state index in [2.05, 4.69) is 4.98 Å². The number of aryl methyl sites for hydroxylation is 2. The van der Waals surface area contributed by atoms with E-state index in [9.17, 15) is 9.59 Å². The second kappa shape index (κ2) is 9.42. The lowest BCUT2D eigenvalue weighted by Crippen LogP contribution is -2.50. The first-order valence-electron chi connectivity index (χ1n) is 9.94. The molecule has 0 atom stereocenters. The van der Waals surface area contributed by atoms with Gasteiger partial charge in [-0.15, -0.1) is 11.3 Å². The largest absolute Gasteiger partial charge is 0.441 e. The summed E-state index contributed by atoms with van der Waals surface area (Å²) in [5, 5.41) is 1.03. The first-order valence-corrected chi connectivity index (χ1v) is 11.5. The third-order valence-corrected chi connectivity index (χ3v) is 6.71. The van der Waals surface area contributed by atoms with E-state index < -0.39 is 0 Å². The highest BCUT2D eigenvalue weighted by Crippen LogP contribution is 2.31. The minimum atomic E-state index is 0.0309. The van der Waals surface area contributed by atoms with E-state index in [-0.39, 0.29) is 11.8 Å². The maximum atomic E-state index is 12.6. The van der Waals surface area contributed by atoms with Gasteiger partial charge in [-0.1, -0.05) is 23.2 Å². The third kappa shape index (κ3) is 5.11. The summed E-state index contributed by atoms with van der Waals surface area (Å²) in [6, 6.07) is 8.97. The topological polar surface area (TPSA) is 66.7 Å². The number of rotatable bonds is 5. The van der Waals surface area contributed by atoms with Crippen molar-refractivity contribution in [2.45, 2.75) is 19.8 Å². The number of oxazole rings is 1. The number of piperazine rings is 1. The average Bonchev–Trinajstić information content (AvgIpc) is 3.41. The van der Waals surface area contributed by atoms with Gasteiger partial charge < -0.3 is 14.2 Å². The second-order valence-electron chi connectivity index (χ2n) is 7.33. The fourth-order valence-corrected chi connectivity index (χ4v) is 4.81. The number of benzene rings is 1. The molecule has 0 spiro atoms. The predicted molar refractivity (Wildman–Crippen MR) is 122 cm³/mol. The molecule has 1 saturated heterocycles. The van der Waals surface area contributed by atoms with Crippen LogP contribution in [-0.2, 0) is 11.2 Å². The fourth-order valence-electron chi connectivity index (χ4n) is 3.48. The number of amides is 2. The summed E-state index contributed by atoms with van der Waals surface area (Å²) >= 11 is 13.6. The molecule has 0 N–H and O–H groups in total.